The number of hydrogen-bond donors (Lipinski definition) is 0. The molecule has 1 aliphatic rings. The second kappa shape index (κ2) is 6.65. The zero-order valence-corrected chi connectivity index (χ0v) is 16.6. The Balaban J connectivity index is 1.83. The topological polar surface area (TPSA) is 27.1 Å². The predicted molar refractivity (Wildman–Crippen MR) is 98.1 cm³/mol. The van der Waals surface area contributed by atoms with Gasteiger partial charge in [0, 0.05) is 32.1 Å². The largest absolute Gasteiger partial charge is 0.360 e. The van der Waals surface area contributed by atoms with Gasteiger partial charge >= 0.3 is 0 Å². The van der Waals surface area contributed by atoms with Crippen LogP contribution in [-0.4, -0.2) is 24.5 Å². The van der Waals surface area contributed by atoms with Crippen LogP contribution in [0.25, 0.3) is 10.9 Å². The van der Waals surface area contributed by atoms with Crippen LogP contribution in [0.3, 0.4) is 0 Å². The maximum atomic E-state index is 14.0. The van der Waals surface area contributed by atoms with E-state index in [0.717, 1.165) is 29.2 Å². The molecule has 1 aliphatic carbocycles. The average Bonchev–Trinajstić information content (AvgIpc) is 2.71. The van der Waals surface area contributed by atoms with Crippen molar-refractivity contribution in [2.45, 2.75) is 57.6 Å². The van der Waals surface area contributed by atoms with Crippen molar-refractivity contribution < 1.29 is 9.13 Å². The van der Waals surface area contributed by atoms with Gasteiger partial charge in [-0.05, 0) is 40.9 Å². The zero-order valence-electron chi connectivity index (χ0n) is 14.0. The van der Waals surface area contributed by atoms with Crippen molar-refractivity contribution >= 4 is 34.9 Å². The van der Waals surface area contributed by atoms with E-state index in [4.69, 9.17) is 9.84 Å². The molecule has 0 saturated heterocycles. The summed E-state index contributed by atoms with van der Waals surface area (Å²) in [7, 11) is -1.10. The maximum Gasteiger partial charge on any atom is 0.140 e. The van der Waals surface area contributed by atoms with Gasteiger partial charge in [0.1, 0.15) is 12.5 Å². The van der Waals surface area contributed by atoms with Crippen LogP contribution in [0, 0.1) is 5.82 Å². The van der Waals surface area contributed by atoms with Gasteiger partial charge in [-0.25, -0.2) is 9.07 Å². The summed E-state index contributed by atoms with van der Waals surface area (Å²) in [6.45, 7) is 8.15. The maximum absolute atomic E-state index is 14.0. The second-order valence-corrected chi connectivity index (χ2v) is 14.1. The van der Waals surface area contributed by atoms with Crippen molar-refractivity contribution in [1.29, 1.82) is 0 Å². The van der Waals surface area contributed by atoms with Gasteiger partial charge in [-0.15, -0.1) is 0 Å². The van der Waals surface area contributed by atoms with Gasteiger partial charge in [0.15, 0.2) is 0 Å². The van der Waals surface area contributed by atoms with E-state index in [-0.39, 0.29) is 5.82 Å². The molecule has 0 atom stereocenters. The van der Waals surface area contributed by atoms with E-state index in [0.29, 0.717) is 17.1 Å². The van der Waals surface area contributed by atoms with Crippen LogP contribution in [-0.2, 0) is 11.5 Å². The van der Waals surface area contributed by atoms with E-state index in [2.05, 4.69) is 35.6 Å². The van der Waals surface area contributed by atoms with Crippen molar-refractivity contribution in [3.63, 3.8) is 0 Å². The Bertz CT molecular complexity index is 707. The zero-order chi connectivity index (χ0) is 16.6. The molecule has 0 bridgehead atoms. The molecule has 3 nitrogen and oxygen atoms in total. The first kappa shape index (κ1) is 17.1. The Morgan fingerprint density at radius 2 is 2.09 bits per heavy atom. The summed E-state index contributed by atoms with van der Waals surface area (Å²) in [5, 5.41) is 5.80. The molecule has 1 heterocycles. The smallest absolute Gasteiger partial charge is 0.140 e. The van der Waals surface area contributed by atoms with Gasteiger partial charge in [-0.3, -0.25) is 0 Å². The van der Waals surface area contributed by atoms with Crippen molar-refractivity contribution in [2.24, 2.45) is 0 Å². The molecule has 0 aliphatic heterocycles. The second-order valence-electron chi connectivity index (χ2n) is 7.64. The molecule has 126 valence electrons. The number of fused-ring (bicyclic) bond motifs is 1. The third-order valence-corrected chi connectivity index (χ3v) is 6.83. The Kier molecular flexibility index (Phi) is 4.95. The number of rotatable bonds is 6. The van der Waals surface area contributed by atoms with Crippen molar-refractivity contribution in [2.75, 3.05) is 6.61 Å². The highest BCUT2D eigenvalue weighted by Crippen LogP contribution is 2.40. The summed E-state index contributed by atoms with van der Waals surface area (Å²) in [6.07, 6.45) is 3.61. The lowest BCUT2D eigenvalue weighted by atomic mass is 9.82. The van der Waals surface area contributed by atoms with Crippen LogP contribution in [0.1, 0.15) is 30.9 Å². The van der Waals surface area contributed by atoms with Gasteiger partial charge in [0.05, 0.1) is 15.7 Å². The number of aromatic nitrogens is 2. The van der Waals surface area contributed by atoms with Crippen LogP contribution in [0.15, 0.2) is 16.6 Å². The highest BCUT2D eigenvalue weighted by molar-refractivity contribution is 9.10. The first-order valence-corrected chi connectivity index (χ1v) is 12.8. The van der Waals surface area contributed by atoms with E-state index in [9.17, 15) is 4.39 Å². The highest BCUT2D eigenvalue weighted by atomic mass is 79.9. The van der Waals surface area contributed by atoms with Crippen LogP contribution in [0.5, 0.6) is 0 Å². The molecule has 3 rings (SSSR count). The summed E-state index contributed by atoms with van der Waals surface area (Å²) in [6, 6.07) is 4.56. The molecule has 6 heteroatoms. The molecule has 0 amide bonds. The summed E-state index contributed by atoms with van der Waals surface area (Å²) < 4.78 is 22.1. The molecule has 0 N–H and O–H groups in total. The lowest BCUT2D eigenvalue weighted by molar-refractivity contribution is 0.0811. The summed E-state index contributed by atoms with van der Waals surface area (Å²) >= 11 is 3.30. The molecular weight excluding hydrogens is 375 g/mol. The molecular formula is C17H24BrFN2OSi. The minimum Gasteiger partial charge on any atom is -0.360 e. The van der Waals surface area contributed by atoms with Gasteiger partial charge < -0.3 is 4.74 Å². The van der Waals surface area contributed by atoms with Gasteiger partial charge in [-0.2, -0.15) is 5.10 Å². The summed E-state index contributed by atoms with van der Waals surface area (Å²) in [4.78, 5) is 0. The molecule has 1 aromatic heterocycles. The predicted octanol–water partition coefficient (Wildman–Crippen LogP) is 5.52. The number of nitrogens with zero attached hydrogens (tertiary/aromatic N) is 2. The van der Waals surface area contributed by atoms with E-state index in [1.165, 1.54) is 19.3 Å². The Hall–Kier alpha value is -0.723. The molecule has 2 aromatic rings. The number of benzene rings is 1. The number of hydrogen-bond acceptors (Lipinski definition) is 2. The monoisotopic (exact) mass is 398 g/mol. The van der Waals surface area contributed by atoms with Gasteiger partial charge in [0.2, 0.25) is 0 Å². The van der Waals surface area contributed by atoms with Crippen LogP contribution in [0.4, 0.5) is 4.39 Å². The van der Waals surface area contributed by atoms with E-state index >= 15 is 0 Å². The van der Waals surface area contributed by atoms with E-state index in [1.54, 1.807) is 6.07 Å². The highest BCUT2D eigenvalue weighted by Gasteiger charge is 2.26. The fourth-order valence-electron chi connectivity index (χ4n) is 2.80. The lowest BCUT2D eigenvalue weighted by Crippen LogP contribution is -2.22. The van der Waals surface area contributed by atoms with Crippen LogP contribution >= 0.6 is 15.9 Å². The SMILES string of the molecule is C[Si](C)(C)CCOCn1nc(C2CCC2)c2cc(Br)c(F)cc21. The van der Waals surface area contributed by atoms with Crippen molar-refractivity contribution in [3.8, 4) is 0 Å². The molecule has 0 radical (unpaired) electrons. The van der Waals surface area contributed by atoms with E-state index in [1.807, 2.05) is 10.7 Å². The van der Waals surface area contributed by atoms with Crippen LogP contribution in [0.2, 0.25) is 25.7 Å². The Labute approximate surface area is 146 Å². The number of ether oxygens (including phenoxy) is 1. The summed E-state index contributed by atoms with van der Waals surface area (Å²) in [5.41, 5.74) is 1.93. The molecule has 23 heavy (non-hydrogen) atoms. The minimum absolute atomic E-state index is 0.249. The molecule has 1 fully saturated rings. The molecule has 1 aromatic carbocycles. The Morgan fingerprint density at radius 3 is 2.70 bits per heavy atom. The number of halogens is 2. The van der Waals surface area contributed by atoms with Gasteiger partial charge in [-0.1, -0.05) is 26.1 Å². The summed E-state index contributed by atoms with van der Waals surface area (Å²) in [5.74, 6) is 0.263. The molecule has 0 unspecified atom stereocenters. The van der Waals surface area contributed by atoms with Crippen LogP contribution < -0.4 is 0 Å². The fourth-order valence-corrected chi connectivity index (χ4v) is 3.90. The van der Waals surface area contributed by atoms with Crippen molar-refractivity contribution in [1.82, 2.24) is 9.78 Å². The molecule has 0 spiro atoms. The van der Waals surface area contributed by atoms with E-state index < -0.39 is 8.07 Å². The lowest BCUT2D eigenvalue weighted by Gasteiger charge is -2.23. The normalized spacial score (nSPS) is 16.0. The minimum atomic E-state index is -1.10. The van der Waals surface area contributed by atoms with Crippen molar-refractivity contribution in [3.05, 3.63) is 28.1 Å². The third kappa shape index (κ3) is 3.86. The first-order chi connectivity index (χ1) is 10.8. The first-order valence-electron chi connectivity index (χ1n) is 8.28. The molecule has 1 saturated carbocycles. The third-order valence-electron chi connectivity index (χ3n) is 4.52. The standard InChI is InChI=1S/C17H24BrFN2OSi/c1-23(2,3)8-7-22-11-21-16-10-15(19)14(18)9-13(16)17(20-21)12-5-4-6-12/h9-10,12H,4-8,11H2,1-3H3. The average molecular weight is 399 g/mol. The quantitative estimate of drug-likeness (QED) is 0.473. The van der Waals surface area contributed by atoms with Gasteiger partial charge in [0.25, 0.3) is 0 Å². The fraction of sp³-hybridized carbons (Fsp3) is 0.588. The Morgan fingerprint density at radius 1 is 1.35 bits per heavy atom.